The first-order valence-corrected chi connectivity index (χ1v) is 5.12. The van der Waals surface area contributed by atoms with E-state index in [1.54, 1.807) is 0 Å². The Hall–Kier alpha value is 0.910. The maximum atomic E-state index is 10.1. The van der Waals surface area contributed by atoms with Gasteiger partial charge in [-0.15, -0.1) is 0 Å². The Balaban J connectivity index is 0. The summed E-state index contributed by atoms with van der Waals surface area (Å²) in [5.74, 6) is -0.0903. The van der Waals surface area contributed by atoms with E-state index in [-0.39, 0.29) is 35.3 Å². The van der Waals surface area contributed by atoms with Gasteiger partial charge in [-0.1, -0.05) is 26.2 Å². The molecule has 0 aromatic heterocycles. The van der Waals surface area contributed by atoms with E-state index >= 15 is 0 Å². The van der Waals surface area contributed by atoms with Gasteiger partial charge in [0.05, 0.1) is 5.75 Å². The Morgan fingerprint density at radius 2 is 1.73 bits per heavy atom. The van der Waals surface area contributed by atoms with Gasteiger partial charge in [-0.2, -0.15) is 8.42 Å². The molecule has 0 aromatic rings. The quantitative estimate of drug-likeness (QED) is 0.400. The molecular weight excluding hydrogens is 175 g/mol. The summed E-state index contributed by atoms with van der Waals surface area (Å²) in [6.07, 6.45) is 3.57. The Labute approximate surface area is 90.6 Å². The molecule has 0 heterocycles. The summed E-state index contributed by atoms with van der Waals surface area (Å²) in [7, 11) is -3.70. The fourth-order valence-corrected chi connectivity index (χ4v) is 1.28. The predicted octanol–water partition coefficient (Wildman–Crippen LogP) is 1.07. The van der Waals surface area contributed by atoms with Crippen LogP contribution in [-0.2, 0) is 10.1 Å². The maximum Gasteiger partial charge on any atom is 0.264 e. The molecule has 0 aliphatic heterocycles. The van der Waals surface area contributed by atoms with Crippen molar-refractivity contribution in [3.63, 3.8) is 0 Å². The first-order valence-electron chi connectivity index (χ1n) is 3.51. The zero-order chi connectivity index (χ0) is 8.04. The first kappa shape index (κ1) is 14.4. The summed E-state index contributed by atoms with van der Waals surface area (Å²) in [5, 5.41) is 0. The molecule has 0 spiro atoms. The molecule has 63 valence electrons. The Morgan fingerprint density at radius 3 is 2.09 bits per heavy atom. The number of hydrogen-bond donors (Lipinski definition) is 1. The molecule has 1 radical (unpaired) electrons. The molecule has 0 fully saturated rings. The summed E-state index contributed by atoms with van der Waals surface area (Å²) < 4.78 is 28.6. The van der Waals surface area contributed by atoms with Crippen molar-refractivity contribution in [2.75, 3.05) is 5.75 Å². The zero-order valence-electron chi connectivity index (χ0n) is 7.21. The van der Waals surface area contributed by atoms with Gasteiger partial charge < -0.3 is 0 Å². The van der Waals surface area contributed by atoms with Crippen LogP contribution in [0.5, 0.6) is 0 Å². The Morgan fingerprint density at radius 1 is 1.18 bits per heavy atom. The Bertz CT molecular complexity index is 165. The van der Waals surface area contributed by atoms with Crippen LogP contribution in [0.25, 0.3) is 0 Å². The van der Waals surface area contributed by atoms with Gasteiger partial charge in [0.2, 0.25) is 0 Å². The molecule has 11 heavy (non-hydrogen) atoms. The third-order valence-corrected chi connectivity index (χ3v) is 2.06. The van der Waals surface area contributed by atoms with Crippen LogP contribution >= 0.6 is 0 Å². The van der Waals surface area contributed by atoms with Gasteiger partial charge in [0.15, 0.2) is 0 Å². The van der Waals surface area contributed by atoms with Crippen LogP contribution in [-0.4, -0.2) is 48.3 Å². The average molecular weight is 189 g/mol. The van der Waals surface area contributed by atoms with Crippen LogP contribution in [0.2, 0.25) is 0 Å². The van der Waals surface area contributed by atoms with Crippen LogP contribution in [0, 0.1) is 0 Å². The SMILES string of the molecule is CCCCCCS(=O)(=O)O.[Na]. The van der Waals surface area contributed by atoms with Gasteiger partial charge in [0.25, 0.3) is 10.1 Å². The molecule has 5 heteroatoms. The molecule has 0 unspecified atom stereocenters. The molecular formula is C6H14NaO3S. The standard InChI is InChI=1S/C6H14O3S.Na/c1-2-3-4-5-6-10(7,8)9;/h2-6H2,1H3,(H,7,8,9);. The van der Waals surface area contributed by atoms with Crippen molar-refractivity contribution in [3.05, 3.63) is 0 Å². The van der Waals surface area contributed by atoms with Gasteiger partial charge >= 0.3 is 0 Å². The number of rotatable bonds is 5. The van der Waals surface area contributed by atoms with Gasteiger partial charge in [-0.05, 0) is 6.42 Å². The molecule has 0 bridgehead atoms. The van der Waals surface area contributed by atoms with E-state index in [4.69, 9.17) is 4.55 Å². The van der Waals surface area contributed by atoms with Crippen molar-refractivity contribution in [2.24, 2.45) is 0 Å². The largest absolute Gasteiger partial charge is 0.286 e. The molecule has 0 saturated heterocycles. The van der Waals surface area contributed by atoms with Gasteiger partial charge in [0.1, 0.15) is 0 Å². The van der Waals surface area contributed by atoms with E-state index < -0.39 is 10.1 Å². The summed E-state index contributed by atoms with van der Waals surface area (Å²) >= 11 is 0. The molecule has 0 atom stereocenters. The van der Waals surface area contributed by atoms with Crippen molar-refractivity contribution in [1.82, 2.24) is 0 Å². The van der Waals surface area contributed by atoms with E-state index in [2.05, 4.69) is 0 Å². The van der Waals surface area contributed by atoms with Crippen LogP contribution in [0.4, 0.5) is 0 Å². The fourth-order valence-electron chi connectivity index (χ4n) is 0.711. The predicted molar refractivity (Wildman–Crippen MR) is 46.3 cm³/mol. The summed E-state index contributed by atoms with van der Waals surface area (Å²) in [6, 6.07) is 0. The van der Waals surface area contributed by atoms with E-state index in [1.165, 1.54) is 0 Å². The van der Waals surface area contributed by atoms with E-state index in [1.807, 2.05) is 6.92 Å². The van der Waals surface area contributed by atoms with Crippen LogP contribution in [0.3, 0.4) is 0 Å². The maximum absolute atomic E-state index is 10.1. The minimum atomic E-state index is -3.70. The van der Waals surface area contributed by atoms with Crippen molar-refractivity contribution in [1.29, 1.82) is 0 Å². The topological polar surface area (TPSA) is 54.4 Å². The first-order chi connectivity index (χ1) is 4.56. The van der Waals surface area contributed by atoms with E-state index in [0.29, 0.717) is 6.42 Å². The number of unbranched alkanes of at least 4 members (excludes halogenated alkanes) is 3. The molecule has 0 aliphatic carbocycles. The third-order valence-electron chi connectivity index (χ3n) is 1.26. The minimum absolute atomic E-state index is 0. The van der Waals surface area contributed by atoms with Crippen molar-refractivity contribution in [2.45, 2.75) is 32.6 Å². The summed E-state index contributed by atoms with van der Waals surface area (Å²) in [5.41, 5.74) is 0. The summed E-state index contributed by atoms with van der Waals surface area (Å²) in [4.78, 5) is 0. The monoisotopic (exact) mass is 189 g/mol. The molecule has 3 nitrogen and oxygen atoms in total. The van der Waals surface area contributed by atoms with Crippen LogP contribution in [0.15, 0.2) is 0 Å². The third kappa shape index (κ3) is 13.8. The molecule has 0 saturated carbocycles. The smallest absolute Gasteiger partial charge is 0.264 e. The van der Waals surface area contributed by atoms with Crippen molar-refractivity contribution in [3.8, 4) is 0 Å². The average Bonchev–Trinajstić information content (AvgIpc) is 1.78. The van der Waals surface area contributed by atoms with E-state index in [0.717, 1.165) is 19.3 Å². The molecule has 0 amide bonds. The Kier molecular flexibility index (Phi) is 9.91. The fraction of sp³-hybridized carbons (Fsp3) is 1.00. The molecule has 0 aromatic carbocycles. The second-order valence-electron chi connectivity index (χ2n) is 2.35. The summed E-state index contributed by atoms with van der Waals surface area (Å²) in [6.45, 7) is 2.05. The van der Waals surface area contributed by atoms with Crippen LogP contribution in [0.1, 0.15) is 32.6 Å². The number of hydrogen-bond acceptors (Lipinski definition) is 2. The molecule has 0 aliphatic rings. The zero-order valence-corrected chi connectivity index (χ0v) is 10.0. The van der Waals surface area contributed by atoms with Crippen molar-refractivity contribution >= 4 is 39.7 Å². The van der Waals surface area contributed by atoms with E-state index in [9.17, 15) is 8.42 Å². The molecule has 1 N–H and O–H groups in total. The van der Waals surface area contributed by atoms with Gasteiger partial charge in [0, 0.05) is 29.6 Å². The molecule has 0 rings (SSSR count). The second-order valence-corrected chi connectivity index (χ2v) is 3.92. The minimum Gasteiger partial charge on any atom is -0.286 e. The van der Waals surface area contributed by atoms with Crippen LogP contribution < -0.4 is 0 Å². The van der Waals surface area contributed by atoms with Gasteiger partial charge in [-0.25, -0.2) is 0 Å². The normalized spacial score (nSPS) is 10.7. The second kappa shape index (κ2) is 7.55. The van der Waals surface area contributed by atoms with Gasteiger partial charge in [-0.3, -0.25) is 4.55 Å². The van der Waals surface area contributed by atoms with Crippen molar-refractivity contribution < 1.29 is 13.0 Å².